The molecule has 0 unspecified atom stereocenters. The average Bonchev–Trinajstić information content (AvgIpc) is 2.95. The van der Waals surface area contributed by atoms with Crippen LogP contribution in [0.15, 0.2) is 36.4 Å². The lowest BCUT2D eigenvalue weighted by atomic mass is 10.0. The molecule has 27 heavy (non-hydrogen) atoms. The van der Waals surface area contributed by atoms with Gasteiger partial charge in [-0.3, -0.25) is 14.4 Å². The van der Waals surface area contributed by atoms with Crippen LogP contribution in [0.3, 0.4) is 0 Å². The number of nitrogens with one attached hydrogen (secondary N) is 1. The number of amides is 1. The van der Waals surface area contributed by atoms with Gasteiger partial charge in [-0.2, -0.15) is 5.10 Å². The van der Waals surface area contributed by atoms with E-state index in [0.717, 1.165) is 17.7 Å². The first-order valence-corrected chi connectivity index (χ1v) is 10.8. The third kappa shape index (κ3) is 4.56. The Bertz CT molecular complexity index is 908. The number of hydrogen-bond acceptors (Lipinski definition) is 4. The molecule has 0 saturated carbocycles. The number of anilines is 1. The van der Waals surface area contributed by atoms with Crippen LogP contribution in [-0.2, 0) is 21.9 Å². The number of aromatic nitrogens is 2. The second kappa shape index (κ2) is 7.82. The van der Waals surface area contributed by atoms with Gasteiger partial charge in [0.15, 0.2) is 0 Å². The molecule has 3 rings (SSSR count). The molecule has 0 spiro atoms. The van der Waals surface area contributed by atoms with Crippen molar-refractivity contribution >= 4 is 21.7 Å². The van der Waals surface area contributed by atoms with Gasteiger partial charge in [-0.1, -0.05) is 37.3 Å². The lowest BCUT2D eigenvalue weighted by Gasteiger charge is -2.32. The highest BCUT2D eigenvalue weighted by molar-refractivity contribution is 7.89. The fourth-order valence-corrected chi connectivity index (χ4v) is 5.13. The van der Waals surface area contributed by atoms with Crippen LogP contribution in [0.4, 0.5) is 5.82 Å². The number of piperidine rings is 1. The fourth-order valence-electron chi connectivity index (χ4n) is 3.53. The Morgan fingerprint density at radius 2 is 2.00 bits per heavy atom. The van der Waals surface area contributed by atoms with E-state index in [4.69, 9.17) is 0 Å². The van der Waals surface area contributed by atoms with Gasteiger partial charge in [0, 0.05) is 19.7 Å². The zero-order chi connectivity index (χ0) is 19.6. The number of aryl methyl sites for hydroxylation is 2. The molecule has 1 saturated heterocycles. The second-order valence-electron chi connectivity index (χ2n) is 7.16. The van der Waals surface area contributed by atoms with Gasteiger partial charge in [0.25, 0.3) is 0 Å². The van der Waals surface area contributed by atoms with Gasteiger partial charge < -0.3 is 0 Å². The molecule has 2 heterocycles. The van der Waals surface area contributed by atoms with Crippen molar-refractivity contribution in [3.63, 3.8) is 0 Å². The largest absolute Gasteiger partial charge is 0.296 e. The van der Waals surface area contributed by atoms with Crippen LogP contribution in [0.25, 0.3) is 0 Å². The van der Waals surface area contributed by atoms with Crippen molar-refractivity contribution in [1.82, 2.24) is 14.5 Å². The first-order valence-electron chi connectivity index (χ1n) is 9.14. The topological polar surface area (TPSA) is 84.3 Å². The van der Waals surface area contributed by atoms with E-state index in [1.807, 2.05) is 50.2 Å². The number of hydrogen-bond donors (Lipinski definition) is 1. The Morgan fingerprint density at radius 1 is 1.30 bits per heavy atom. The first-order chi connectivity index (χ1) is 12.8. The van der Waals surface area contributed by atoms with Gasteiger partial charge in [-0.15, -0.1) is 0 Å². The molecule has 1 aliphatic heterocycles. The lowest BCUT2D eigenvalue weighted by molar-refractivity contribution is -0.121. The maximum atomic E-state index is 12.9. The van der Waals surface area contributed by atoms with E-state index in [-0.39, 0.29) is 17.6 Å². The van der Waals surface area contributed by atoms with E-state index in [9.17, 15) is 13.2 Å². The van der Waals surface area contributed by atoms with Crippen LogP contribution in [0.5, 0.6) is 0 Å². The molecule has 1 aromatic heterocycles. The fraction of sp³-hybridized carbons (Fsp3) is 0.474. The number of benzene rings is 1. The summed E-state index contributed by atoms with van der Waals surface area (Å²) < 4.78 is 29.6. The molecule has 1 fully saturated rings. The third-order valence-corrected chi connectivity index (χ3v) is 6.43. The van der Waals surface area contributed by atoms with Gasteiger partial charge in [-0.05, 0) is 31.2 Å². The summed E-state index contributed by atoms with van der Waals surface area (Å²) in [6.07, 6.45) is 1.24. The van der Waals surface area contributed by atoms with Gasteiger partial charge in [0.05, 0.1) is 11.4 Å². The summed E-state index contributed by atoms with van der Waals surface area (Å²) >= 11 is 0. The van der Waals surface area contributed by atoms with E-state index in [0.29, 0.717) is 18.8 Å². The van der Waals surface area contributed by atoms with Crippen molar-refractivity contribution in [2.45, 2.75) is 38.6 Å². The molecule has 1 aromatic carbocycles. The standard InChI is InChI=1S/C19H26N4O3S/c1-14(16-8-5-4-6-9-16)13-27(25,26)21-17-10-7-11-23(19(17)24)18-12-15(2)20-22(18)3/h4-6,8-9,12,14,17,21H,7,10-11,13H2,1-3H3/t14-,17-/m1/s1. The molecule has 1 N–H and O–H groups in total. The van der Waals surface area contributed by atoms with E-state index >= 15 is 0 Å². The maximum absolute atomic E-state index is 12.9. The minimum atomic E-state index is -3.59. The molecular weight excluding hydrogens is 364 g/mol. The molecule has 146 valence electrons. The van der Waals surface area contributed by atoms with Crippen LogP contribution >= 0.6 is 0 Å². The summed E-state index contributed by atoms with van der Waals surface area (Å²) in [4.78, 5) is 14.5. The molecule has 7 nitrogen and oxygen atoms in total. The van der Waals surface area contributed by atoms with Crippen molar-refractivity contribution in [2.24, 2.45) is 7.05 Å². The molecule has 2 atom stereocenters. The Labute approximate surface area is 160 Å². The summed E-state index contributed by atoms with van der Waals surface area (Å²) in [5, 5.41) is 4.28. The van der Waals surface area contributed by atoms with E-state index < -0.39 is 16.1 Å². The van der Waals surface area contributed by atoms with Gasteiger partial charge in [0.1, 0.15) is 11.9 Å². The summed E-state index contributed by atoms with van der Waals surface area (Å²) in [5.41, 5.74) is 1.78. The highest BCUT2D eigenvalue weighted by atomic mass is 32.2. The Balaban J connectivity index is 1.70. The van der Waals surface area contributed by atoms with Crippen molar-refractivity contribution in [3.05, 3.63) is 47.7 Å². The highest BCUT2D eigenvalue weighted by Gasteiger charge is 2.34. The zero-order valence-corrected chi connectivity index (χ0v) is 16.7. The van der Waals surface area contributed by atoms with Crippen molar-refractivity contribution in [3.8, 4) is 0 Å². The molecule has 1 amide bonds. The zero-order valence-electron chi connectivity index (χ0n) is 15.9. The molecule has 0 radical (unpaired) electrons. The number of carbonyl (C=O) groups is 1. The van der Waals surface area contributed by atoms with Gasteiger partial charge >= 0.3 is 0 Å². The molecule has 2 aromatic rings. The molecule has 0 bridgehead atoms. The van der Waals surface area contributed by atoms with Crippen LogP contribution in [0.1, 0.15) is 36.9 Å². The summed E-state index contributed by atoms with van der Waals surface area (Å²) in [7, 11) is -1.81. The summed E-state index contributed by atoms with van der Waals surface area (Å²) in [6.45, 7) is 4.31. The Morgan fingerprint density at radius 3 is 2.63 bits per heavy atom. The van der Waals surface area contributed by atoms with Crippen molar-refractivity contribution < 1.29 is 13.2 Å². The molecular formula is C19H26N4O3S. The van der Waals surface area contributed by atoms with E-state index in [2.05, 4.69) is 9.82 Å². The summed E-state index contributed by atoms with van der Waals surface area (Å²) in [6, 6.07) is 10.6. The predicted octanol–water partition coefficient (Wildman–Crippen LogP) is 1.95. The SMILES string of the molecule is Cc1cc(N2CCC[C@@H](NS(=O)(=O)C[C@@H](C)c3ccccc3)C2=O)n(C)n1. The lowest BCUT2D eigenvalue weighted by Crippen LogP contribution is -2.53. The van der Waals surface area contributed by atoms with Gasteiger partial charge in [-0.25, -0.2) is 13.1 Å². The number of rotatable bonds is 6. The quantitative estimate of drug-likeness (QED) is 0.817. The average molecular weight is 391 g/mol. The minimum Gasteiger partial charge on any atom is -0.296 e. The van der Waals surface area contributed by atoms with Crippen molar-refractivity contribution in [1.29, 1.82) is 0 Å². The summed E-state index contributed by atoms with van der Waals surface area (Å²) in [5.74, 6) is 0.267. The monoisotopic (exact) mass is 390 g/mol. The molecule has 8 heteroatoms. The van der Waals surface area contributed by atoms with Crippen LogP contribution < -0.4 is 9.62 Å². The van der Waals surface area contributed by atoms with E-state index in [1.165, 1.54) is 0 Å². The normalized spacial score (nSPS) is 19.3. The molecule has 0 aliphatic carbocycles. The number of sulfonamides is 1. The highest BCUT2D eigenvalue weighted by Crippen LogP contribution is 2.23. The number of carbonyl (C=O) groups excluding carboxylic acids is 1. The molecule has 1 aliphatic rings. The van der Waals surface area contributed by atoms with E-state index in [1.54, 1.807) is 16.6 Å². The Kier molecular flexibility index (Phi) is 5.67. The van der Waals surface area contributed by atoms with Crippen LogP contribution in [-0.4, -0.2) is 42.4 Å². The predicted molar refractivity (Wildman–Crippen MR) is 105 cm³/mol. The smallest absolute Gasteiger partial charge is 0.246 e. The minimum absolute atomic E-state index is 0.0500. The first kappa shape index (κ1) is 19.6. The van der Waals surface area contributed by atoms with Crippen LogP contribution in [0.2, 0.25) is 0 Å². The third-order valence-electron chi connectivity index (χ3n) is 4.85. The Hall–Kier alpha value is -2.19. The van der Waals surface area contributed by atoms with Crippen molar-refractivity contribution in [2.75, 3.05) is 17.2 Å². The number of nitrogens with zero attached hydrogens (tertiary/aromatic N) is 3. The second-order valence-corrected chi connectivity index (χ2v) is 8.96. The van der Waals surface area contributed by atoms with Gasteiger partial charge in [0.2, 0.25) is 15.9 Å². The van der Waals surface area contributed by atoms with Crippen LogP contribution in [0, 0.1) is 6.92 Å². The maximum Gasteiger partial charge on any atom is 0.246 e.